The number of allylic oxidation sites excluding steroid dienone is 2. The van der Waals surface area contributed by atoms with Crippen LogP contribution in [0.4, 0.5) is 11.5 Å². The predicted octanol–water partition coefficient (Wildman–Crippen LogP) is 2.55. The molecule has 2 atom stereocenters. The molecule has 0 aromatic carbocycles. The summed E-state index contributed by atoms with van der Waals surface area (Å²) in [4.78, 5) is 14.3. The summed E-state index contributed by atoms with van der Waals surface area (Å²) in [6.07, 6.45) is 6.22. The van der Waals surface area contributed by atoms with Crippen LogP contribution in [0, 0.1) is 22.0 Å². The summed E-state index contributed by atoms with van der Waals surface area (Å²) >= 11 is 0. The van der Waals surface area contributed by atoms with E-state index in [0.717, 1.165) is 12.8 Å². The quantitative estimate of drug-likeness (QED) is 0.512. The Balaban J connectivity index is 2.08. The van der Waals surface area contributed by atoms with Gasteiger partial charge < -0.3 is 10.5 Å². The standard InChI is InChI=1S/C13H17N3O3/c1-9-4-2-3-5-10(9)8-19-13-11(16(17)18)6-7-12(14)15-13/h2-3,6-7,9-10H,4-5,8H2,1H3,(H2,14,15). The lowest BCUT2D eigenvalue weighted by Gasteiger charge is -2.24. The van der Waals surface area contributed by atoms with Crippen molar-refractivity contribution in [3.8, 4) is 5.88 Å². The highest BCUT2D eigenvalue weighted by Crippen LogP contribution is 2.29. The van der Waals surface area contributed by atoms with Gasteiger partial charge in [-0.05, 0) is 30.7 Å². The van der Waals surface area contributed by atoms with E-state index < -0.39 is 4.92 Å². The molecule has 1 aromatic heterocycles. The van der Waals surface area contributed by atoms with Gasteiger partial charge in [-0.15, -0.1) is 0 Å². The van der Waals surface area contributed by atoms with Crippen LogP contribution < -0.4 is 10.5 Å². The molecule has 2 rings (SSSR count). The fourth-order valence-corrected chi connectivity index (χ4v) is 2.12. The zero-order chi connectivity index (χ0) is 13.8. The van der Waals surface area contributed by atoms with E-state index in [0.29, 0.717) is 18.4 Å². The van der Waals surface area contributed by atoms with Gasteiger partial charge in [-0.3, -0.25) is 10.1 Å². The maximum absolute atomic E-state index is 10.9. The van der Waals surface area contributed by atoms with Gasteiger partial charge in [0.05, 0.1) is 11.5 Å². The molecular weight excluding hydrogens is 246 g/mol. The van der Waals surface area contributed by atoms with E-state index >= 15 is 0 Å². The maximum Gasteiger partial charge on any atom is 0.331 e. The molecule has 0 fully saturated rings. The van der Waals surface area contributed by atoms with Crippen molar-refractivity contribution in [2.45, 2.75) is 19.8 Å². The minimum absolute atomic E-state index is 0.00625. The number of nitrogens with zero attached hydrogens (tertiary/aromatic N) is 2. The highest BCUT2D eigenvalue weighted by molar-refractivity contribution is 5.46. The fraction of sp³-hybridized carbons (Fsp3) is 0.462. The number of pyridine rings is 1. The first kappa shape index (κ1) is 13.3. The summed E-state index contributed by atoms with van der Waals surface area (Å²) in [7, 11) is 0. The Kier molecular flexibility index (Phi) is 3.99. The van der Waals surface area contributed by atoms with Crippen LogP contribution in [0.2, 0.25) is 0 Å². The van der Waals surface area contributed by atoms with Crippen LogP contribution in [-0.4, -0.2) is 16.5 Å². The van der Waals surface area contributed by atoms with Gasteiger partial charge in [0, 0.05) is 6.07 Å². The van der Waals surface area contributed by atoms with E-state index in [2.05, 4.69) is 24.1 Å². The van der Waals surface area contributed by atoms with Crippen LogP contribution in [0.1, 0.15) is 19.8 Å². The second kappa shape index (κ2) is 5.69. The van der Waals surface area contributed by atoms with Crippen molar-refractivity contribution in [1.29, 1.82) is 0 Å². The molecule has 0 radical (unpaired) electrons. The first-order valence-electron chi connectivity index (χ1n) is 6.26. The highest BCUT2D eigenvalue weighted by atomic mass is 16.6. The Morgan fingerprint density at radius 2 is 2.21 bits per heavy atom. The van der Waals surface area contributed by atoms with E-state index in [9.17, 15) is 10.1 Å². The largest absolute Gasteiger partial charge is 0.472 e. The lowest BCUT2D eigenvalue weighted by Crippen LogP contribution is -2.21. The predicted molar refractivity (Wildman–Crippen MR) is 71.8 cm³/mol. The van der Waals surface area contributed by atoms with E-state index in [-0.39, 0.29) is 17.4 Å². The third-order valence-corrected chi connectivity index (χ3v) is 3.41. The van der Waals surface area contributed by atoms with Crippen molar-refractivity contribution in [2.24, 2.45) is 11.8 Å². The summed E-state index contributed by atoms with van der Waals surface area (Å²) in [5.74, 6) is 1.09. The van der Waals surface area contributed by atoms with Gasteiger partial charge in [0.15, 0.2) is 0 Å². The number of hydrogen-bond donors (Lipinski definition) is 1. The molecule has 0 saturated heterocycles. The second-order valence-corrected chi connectivity index (χ2v) is 4.81. The molecule has 1 aromatic rings. The first-order chi connectivity index (χ1) is 9.08. The molecule has 1 aliphatic rings. The number of ether oxygens (including phenoxy) is 1. The second-order valence-electron chi connectivity index (χ2n) is 4.81. The van der Waals surface area contributed by atoms with Gasteiger partial charge in [-0.2, -0.15) is 4.98 Å². The molecule has 1 aliphatic carbocycles. The van der Waals surface area contributed by atoms with Crippen molar-refractivity contribution in [1.82, 2.24) is 4.98 Å². The molecule has 1 heterocycles. The number of aromatic nitrogens is 1. The topological polar surface area (TPSA) is 91.3 Å². The Hall–Kier alpha value is -2.11. The number of nitro groups is 1. The number of nitrogens with two attached hydrogens (primary N) is 1. The zero-order valence-corrected chi connectivity index (χ0v) is 10.8. The Morgan fingerprint density at radius 1 is 1.47 bits per heavy atom. The molecule has 6 nitrogen and oxygen atoms in total. The SMILES string of the molecule is CC1CC=CCC1COc1nc(N)ccc1[N+](=O)[O-]. The molecule has 0 spiro atoms. The summed E-state index contributed by atoms with van der Waals surface area (Å²) in [5, 5.41) is 10.9. The minimum Gasteiger partial charge on any atom is -0.472 e. The number of hydrogen-bond acceptors (Lipinski definition) is 5. The summed E-state index contributed by atoms with van der Waals surface area (Å²) in [6.45, 7) is 2.57. The van der Waals surface area contributed by atoms with Crippen molar-refractivity contribution in [3.05, 3.63) is 34.4 Å². The third-order valence-electron chi connectivity index (χ3n) is 3.41. The van der Waals surface area contributed by atoms with Crippen LogP contribution in [0.3, 0.4) is 0 Å². The number of nitrogen functional groups attached to an aromatic ring is 1. The molecule has 0 bridgehead atoms. The monoisotopic (exact) mass is 263 g/mol. The van der Waals surface area contributed by atoms with E-state index in [4.69, 9.17) is 10.5 Å². The molecule has 6 heteroatoms. The van der Waals surface area contributed by atoms with E-state index in [1.54, 1.807) is 0 Å². The van der Waals surface area contributed by atoms with Crippen molar-refractivity contribution in [2.75, 3.05) is 12.3 Å². The highest BCUT2D eigenvalue weighted by Gasteiger charge is 2.22. The average Bonchev–Trinajstić information content (AvgIpc) is 2.37. The van der Waals surface area contributed by atoms with Crippen molar-refractivity contribution in [3.63, 3.8) is 0 Å². The normalized spacial score (nSPS) is 22.2. The Labute approximate surface area is 111 Å². The first-order valence-corrected chi connectivity index (χ1v) is 6.26. The summed E-state index contributed by atoms with van der Waals surface area (Å²) < 4.78 is 5.52. The van der Waals surface area contributed by atoms with Gasteiger partial charge in [0.25, 0.3) is 5.88 Å². The average molecular weight is 263 g/mol. The van der Waals surface area contributed by atoms with Crippen LogP contribution in [0.25, 0.3) is 0 Å². The van der Waals surface area contributed by atoms with Gasteiger partial charge >= 0.3 is 5.69 Å². The molecule has 102 valence electrons. The molecule has 19 heavy (non-hydrogen) atoms. The Morgan fingerprint density at radius 3 is 2.89 bits per heavy atom. The van der Waals surface area contributed by atoms with Crippen LogP contribution in [0.5, 0.6) is 5.88 Å². The van der Waals surface area contributed by atoms with Gasteiger partial charge in [0.2, 0.25) is 0 Å². The van der Waals surface area contributed by atoms with E-state index in [1.807, 2.05) is 0 Å². The molecule has 0 aliphatic heterocycles. The smallest absolute Gasteiger partial charge is 0.331 e. The van der Waals surface area contributed by atoms with Crippen molar-refractivity contribution < 1.29 is 9.66 Å². The van der Waals surface area contributed by atoms with Crippen LogP contribution >= 0.6 is 0 Å². The molecule has 0 saturated carbocycles. The maximum atomic E-state index is 10.9. The lowest BCUT2D eigenvalue weighted by molar-refractivity contribution is -0.386. The van der Waals surface area contributed by atoms with Gasteiger partial charge in [0.1, 0.15) is 5.82 Å². The van der Waals surface area contributed by atoms with Crippen molar-refractivity contribution >= 4 is 11.5 Å². The van der Waals surface area contributed by atoms with Crippen LogP contribution in [-0.2, 0) is 0 Å². The van der Waals surface area contributed by atoms with Gasteiger partial charge in [-0.1, -0.05) is 19.1 Å². The van der Waals surface area contributed by atoms with Crippen LogP contribution in [0.15, 0.2) is 24.3 Å². The molecule has 0 amide bonds. The third kappa shape index (κ3) is 3.21. The minimum atomic E-state index is -0.508. The summed E-state index contributed by atoms with van der Waals surface area (Å²) in [5.41, 5.74) is 5.39. The number of anilines is 1. The molecular formula is C13H17N3O3. The van der Waals surface area contributed by atoms with E-state index in [1.165, 1.54) is 12.1 Å². The molecule has 2 unspecified atom stereocenters. The lowest BCUT2D eigenvalue weighted by atomic mass is 9.85. The Bertz CT molecular complexity index is 502. The summed E-state index contributed by atoms with van der Waals surface area (Å²) in [6, 6.07) is 2.72. The zero-order valence-electron chi connectivity index (χ0n) is 10.8. The van der Waals surface area contributed by atoms with Gasteiger partial charge in [-0.25, -0.2) is 0 Å². The molecule has 2 N–H and O–H groups in total. The fourth-order valence-electron chi connectivity index (χ4n) is 2.12. The number of rotatable bonds is 4.